The summed E-state index contributed by atoms with van der Waals surface area (Å²) >= 11 is 3.43. The number of rotatable bonds is 3. The average molecular weight is 310 g/mol. The molecule has 0 bridgehead atoms. The van der Waals surface area contributed by atoms with Gasteiger partial charge in [-0.3, -0.25) is 4.79 Å². The van der Waals surface area contributed by atoms with Gasteiger partial charge >= 0.3 is 0 Å². The van der Waals surface area contributed by atoms with Crippen molar-refractivity contribution >= 4 is 27.5 Å². The van der Waals surface area contributed by atoms with Gasteiger partial charge in [-0.2, -0.15) is 0 Å². The zero-order valence-electron chi connectivity index (χ0n) is 11.0. The molecular weight excluding hydrogens is 290 g/mol. The van der Waals surface area contributed by atoms with Crippen molar-refractivity contribution in [2.75, 3.05) is 5.32 Å². The number of amides is 1. The Bertz CT molecular complexity index is 442. The van der Waals surface area contributed by atoms with Gasteiger partial charge in [-0.05, 0) is 54.9 Å². The number of hydrogen-bond acceptors (Lipinski definition) is 1. The highest BCUT2D eigenvalue weighted by Gasteiger charge is 2.19. The molecule has 1 unspecified atom stereocenters. The normalized spacial score (nSPS) is 16.2. The quantitative estimate of drug-likeness (QED) is 0.842. The van der Waals surface area contributed by atoms with Crippen LogP contribution in [0.25, 0.3) is 0 Å². The summed E-state index contributed by atoms with van der Waals surface area (Å²) in [7, 11) is 0. The molecule has 1 aliphatic carbocycles. The SMILES string of the molecule is CC(C)C(Br)C(=O)Nc1ccc2c(c1)CCCC2. The molecular formula is C15H20BrNO. The highest BCUT2D eigenvalue weighted by Crippen LogP contribution is 2.25. The first-order chi connectivity index (χ1) is 8.58. The molecule has 0 radical (unpaired) electrons. The van der Waals surface area contributed by atoms with Crippen LogP contribution in [0.1, 0.15) is 37.8 Å². The molecule has 3 heteroatoms. The second-order valence-corrected chi connectivity index (χ2v) is 6.31. The van der Waals surface area contributed by atoms with Crippen LogP contribution < -0.4 is 5.32 Å². The van der Waals surface area contributed by atoms with Gasteiger partial charge in [0.1, 0.15) is 0 Å². The minimum Gasteiger partial charge on any atom is -0.325 e. The number of fused-ring (bicyclic) bond motifs is 1. The molecule has 0 saturated carbocycles. The minimum absolute atomic E-state index is 0.0424. The van der Waals surface area contributed by atoms with Gasteiger partial charge in [0, 0.05) is 5.69 Å². The molecule has 0 aromatic heterocycles. The number of carbonyl (C=O) groups excluding carboxylic acids is 1. The maximum Gasteiger partial charge on any atom is 0.238 e. The predicted octanol–water partition coefficient (Wildman–Crippen LogP) is 3.92. The number of aryl methyl sites for hydroxylation is 2. The molecule has 1 amide bonds. The van der Waals surface area contributed by atoms with E-state index >= 15 is 0 Å². The van der Waals surface area contributed by atoms with Crippen LogP contribution in [0.3, 0.4) is 0 Å². The van der Waals surface area contributed by atoms with Gasteiger partial charge in [0.15, 0.2) is 0 Å². The van der Waals surface area contributed by atoms with Crippen molar-refractivity contribution in [1.82, 2.24) is 0 Å². The third-order valence-corrected chi connectivity index (χ3v) is 4.92. The summed E-state index contributed by atoms with van der Waals surface area (Å²) in [5.74, 6) is 0.336. The Morgan fingerprint density at radius 3 is 2.56 bits per heavy atom. The van der Waals surface area contributed by atoms with Crippen LogP contribution in [0.5, 0.6) is 0 Å². The Morgan fingerprint density at radius 1 is 1.22 bits per heavy atom. The standard InChI is InChI=1S/C15H20BrNO/c1-10(2)14(16)15(18)17-13-8-7-11-5-3-4-6-12(11)9-13/h7-10,14H,3-6H2,1-2H3,(H,17,18). The Kier molecular flexibility index (Phi) is 4.44. The predicted molar refractivity (Wildman–Crippen MR) is 79.3 cm³/mol. The number of halogens is 1. The lowest BCUT2D eigenvalue weighted by Gasteiger charge is -2.18. The number of nitrogens with one attached hydrogen (secondary N) is 1. The lowest BCUT2D eigenvalue weighted by atomic mass is 9.91. The van der Waals surface area contributed by atoms with E-state index in [4.69, 9.17) is 0 Å². The second-order valence-electron chi connectivity index (χ2n) is 5.33. The van der Waals surface area contributed by atoms with E-state index in [0.29, 0.717) is 5.92 Å². The summed E-state index contributed by atoms with van der Waals surface area (Å²) in [6.45, 7) is 4.07. The number of hydrogen-bond donors (Lipinski definition) is 1. The summed E-state index contributed by atoms with van der Waals surface area (Å²) < 4.78 is 0. The van der Waals surface area contributed by atoms with E-state index in [1.807, 2.05) is 19.9 Å². The van der Waals surface area contributed by atoms with Gasteiger partial charge in [-0.25, -0.2) is 0 Å². The van der Waals surface area contributed by atoms with Crippen molar-refractivity contribution in [2.45, 2.75) is 44.4 Å². The lowest BCUT2D eigenvalue weighted by molar-refractivity contribution is -0.116. The average Bonchev–Trinajstić information content (AvgIpc) is 2.37. The Labute approximate surface area is 117 Å². The van der Waals surface area contributed by atoms with Crippen LogP contribution in [0.4, 0.5) is 5.69 Å². The van der Waals surface area contributed by atoms with E-state index in [1.165, 1.54) is 30.4 Å². The summed E-state index contributed by atoms with van der Waals surface area (Å²) in [5, 5.41) is 2.99. The highest BCUT2D eigenvalue weighted by molar-refractivity contribution is 9.10. The highest BCUT2D eigenvalue weighted by atomic mass is 79.9. The number of anilines is 1. The topological polar surface area (TPSA) is 29.1 Å². The maximum absolute atomic E-state index is 12.0. The van der Waals surface area contributed by atoms with Gasteiger partial charge in [-0.1, -0.05) is 35.8 Å². The number of benzene rings is 1. The zero-order valence-corrected chi connectivity index (χ0v) is 12.6. The molecule has 0 saturated heterocycles. The van der Waals surface area contributed by atoms with Crippen LogP contribution in [-0.4, -0.2) is 10.7 Å². The first kappa shape index (κ1) is 13.6. The molecule has 18 heavy (non-hydrogen) atoms. The molecule has 1 atom stereocenters. The van der Waals surface area contributed by atoms with Crippen molar-refractivity contribution in [1.29, 1.82) is 0 Å². The third kappa shape index (κ3) is 3.14. The molecule has 0 aliphatic heterocycles. The van der Waals surface area contributed by atoms with Gasteiger partial charge < -0.3 is 5.32 Å². The van der Waals surface area contributed by atoms with E-state index in [0.717, 1.165) is 12.1 Å². The van der Waals surface area contributed by atoms with E-state index in [1.54, 1.807) is 0 Å². The summed E-state index contributed by atoms with van der Waals surface area (Å²) in [6, 6.07) is 6.30. The van der Waals surface area contributed by atoms with E-state index in [2.05, 4.69) is 33.4 Å². The van der Waals surface area contributed by atoms with Crippen LogP contribution in [-0.2, 0) is 17.6 Å². The van der Waals surface area contributed by atoms with E-state index in [9.17, 15) is 4.79 Å². The lowest BCUT2D eigenvalue weighted by Crippen LogP contribution is -2.27. The smallest absolute Gasteiger partial charge is 0.238 e. The monoisotopic (exact) mass is 309 g/mol. The second kappa shape index (κ2) is 5.87. The van der Waals surface area contributed by atoms with Crippen molar-refractivity contribution in [3.05, 3.63) is 29.3 Å². The molecule has 1 N–H and O–H groups in total. The Hall–Kier alpha value is -0.830. The molecule has 2 rings (SSSR count). The first-order valence-electron chi connectivity index (χ1n) is 6.64. The molecule has 98 valence electrons. The van der Waals surface area contributed by atoms with Crippen molar-refractivity contribution in [3.8, 4) is 0 Å². The first-order valence-corrected chi connectivity index (χ1v) is 7.56. The van der Waals surface area contributed by atoms with Crippen LogP contribution >= 0.6 is 15.9 Å². The fraction of sp³-hybridized carbons (Fsp3) is 0.533. The van der Waals surface area contributed by atoms with Crippen molar-refractivity contribution in [2.24, 2.45) is 5.92 Å². The van der Waals surface area contributed by atoms with Crippen molar-refractivity contribution in [3.63, 3.8) is 0 Å². The number of alkyl halides is 1. The maximum atomic E-state index is 12.0. The summed E-state index contributed by atoms with van der Waals surface area (Å²) in [4.78, 5) is 11.8. The van der Waals surface area contributed by atoms with E-state index in [-0.39, 0.29) is 10.7 Å². The van der Waals surface area contributed by atoms with Gasteiger partial charge in [0.2, 0.25) is 5.91 Å². The fourth-order valence-electron chi connectivity index (χ4n) is 2.33. The zero-order chi connectivity index (χ0) is 13.1. The van der Waals surface area contributed by atoms with Crippen molar-refractivity contribution < 1.29 is 4.79 Å². The van der Waals surface area contributed by atoms with Gasteiger partial charge in [0.05, 0.1) is 4.83 Å². The molecule has 2 nitrogen and oxygen atoms in total. The fourth-order valence-corrected chi connectivity index (χ4v) is 2.44. The Balaban J connectivity index is 2.08. The minimum atomic E-state index is -0.131. The van der Waals surface area contributed by atoms with Crippen LogP contribution in [0.15, 0.2) is 18.2 Å². The molecule has 0 spiro atoms. The summed E-state index contributed by atoms with van der Waals surface area (Å²) in [5.41, 5.74) is 3.76. The Morgan fingerprint density at radius 2 is 1.89 bits per heavy atom. The molecule has 1 aromatic carbocycles. The largest absolute Gasteiger partial charge is 0.325 e. The molecule has 0 heterocycles. The van der Waals surface area contributed by atoms with Crippen LogP contribution in [0, 0.1) is 5.92 Å². The summed E-state index contributed by atoms with van der Waals surface area (Å²) in [6.07, 6.45) is 4.87. The van der Waals surface area contributed by atoms with Crippen LogP contribution in [0.2, 0.25) is 0 Å². The molecule has 1 aliphatic rings. The van der Waals surface area contributed by atoms with Gasteiger partial charge in [-0.15, -0.1) is 0 Å². The molecule has 1 aromatic rings. The third-order valence-electron chi connectivity index (χ3n) is 3.45. The van der Waals surface area contributed by atoms with E-state index < -0.39 is 0 Å². The number of carbonyl (C=O) groups is 1. The van der Waals surface area contributed by atoms with Gasteiger partial charge in [0.25, 0.3) is 0 Å². The molecule has 0 fully saturated rings.